The molecule has 2 aromatic rings. The molecule has 0 aliphatic rings. The van der Waals surface area contributed by atoms with Crippen LogP contribution in [0.1, 0.15) is 11.1 Å². The molecule has 0 bridgehead atoms. The molecule has 1 N–H and O–H groups in total. The molecule has 1 aromatic heterocycles. The molecule has 18 heavy (non-hydrogen) atoms. The molecule has 0 saturated heterocycles. The first kappa shape index (κ1) is 12.5. The number of hydrogen-bond acceptors (Lipinski definition) is 3. The van der Waals surface area contributed by atoms with E-state index in [0.717, 1.165) is 5.56 Å². The van der Waals surface area contributed by atoms with E-state index in [1.54, 1.807) is 30.6 Å². The number of rotatable bonds is 5. The highest BCUT2D eigenvalue weighted by atomic mass is 19.1. The summed E-state index contributed by atoms with van der Waals surface area (Å²) in [6.07, 6.45) is 3.51. The van der Waals surface area contributed by atoms with Gasteiger partial charge in [-0.15, -0.1) is 0 Å². The second kappa shape index (κ2) is 6.12. The van der Waals surface area contributed by atoms with Crippen molar-refractivity contribution in [2.75, 3.05) is 7.11 Å². The largest absolute Gasteiger partial charge is 0.494 e. The number of hydrogen-bond donors (Lipinski definition) is 1. The minimum Gasteiger partial charge on any atom is -0.494 e. The first-order chi connectivity index (χ1) is 8.81. The average Bonchev–Trinajstić information content (AvgIpc) is 2.42. The molecule has 0 aliphatic heterocycles. The van der Waals surface area contributed by atoms with Gasteiger partial charge in [-0.3, -0.25) is 4.98 Å². The summed E-state index contributed by atoms with van der Waals surface area (Å²) in [4.78, 5) is 4.02. The Morgan fingerprint density at radius 2 is 2.11 bits per heavy atom. The van der Waals surface area contributed by atoms with E-state index in [0.29, 0.717) is 18.7 Å². The average molecular weight is 246 g/mol. The maximum Gasteiger partial charge on any atom is 0.169 e. The highest BCUT2D eigenvalue weighted by Crippen LogP contribution is 2.19. The van der Waals surface area contributed by atoms with Crippen LogP contribution in [0.15, 0.2) is 42.7 Å². The van der Waals surface area contributed by atoms with Crippen LogP contribution in [0.2, 0.25) is 0 Å². The van der Waals surface area contributed by atoms with Gasteiger partial charge in [0.15, 0.2) is 11.6 Å². The zero-order valence-electron chi connectivity index (χ0n) is 10.2. The van der Waals surface area contributed by atoms with Gasteiger partial charge in [0.25, 0.3) is 0 Å². The topological polar surface area (TPSA) is 34.1 Å². The van der Waals surface area contributed by atoms with Gasteiger partial charge >= 0.3 is 0 Å². The number of aromatic nitrogens is 1. The van der Waals surface area contributed by atoms with Gasteiger partial charge in [0.1, 0.15) is 0 Å². The zero-order chi connectivity index (χ0) is 12.8. The lowest BCUT2D eigenvalue weighted by atomic mass is 10.2. The SMILES string of the molecule is COc1cccc(CNCc2cccnc2)c1F. The summed E-state index contributed by atoms with van der Waals surface area (Å²) in [6.45, 7) is 1.11. The standard InChI is InChI=1S/C14H15FN2O/c1-18-13-6-2-5-12(14(13)15)10-17-9-11-4-3-7-16-8-11/h2-8,17H,9-10H2,1H3. The fourth-order valence-electron chi connectivity index (χ4n) is 1.69. The molecule has 1 aromatic carbocycles. The minimum absolute atomic E-state index is 0.274. The maximum atomic E-state index is 13.8. The third-order valence-corrected chi connectivity index (χ3v) is 2.63. The van der Waals surface area contributed by atoms with Crippen LogP contribution < -0.4 is 10.1 Å². The Morgan fingerprint density at radius 3 is 2.83 bits per heavy atom. The minimum atomic E-state index is -0.307. The summed E-state index contributed by atoms with van der Waals surface area (Å²) in [5.74, 6) is -0.0330. The highest BCUT2D eigenvalue weighted by Gasteiger charge is 2.07. The molecular weight excluding hydrogens is 231 g/mol. The van der Waals surface area contributed by atoms with Crippen molar-refractivity contribution in [2.24, 2.45) is 0 Å². The Hall–Kier alpha value is -1.94. The van der Waals surface area contributed by atoms with Gasteiger partial charge in [0.05, 0.1) is 7.11 Å². The molecule has 0 unspecified atom stereocenters. The third-order valence-electron chi connectivity index (χ3n) is 2.63. The summed E-state index contributed by atoms with van der Waals surface area (Å²) < 4.78 is 18.8. The zero-order valence-corrected chi connectivity index (χ0v) is 10.2. The maximum absolute atomic E-state index is 13.8. The summed E-state index contributed by atoms with van der Waals surface area (Å²) in [7, 11) is 1.46. The lowest BCUT2D eigenvalue weighted by Gasteiger charge is -2.08. The van der Waals surface area contributed by atoms with Crippen LogP contribution in [0.25, 0.3) is 0 Å². The molecule has 0 saturated carbocycles. The number of methoxy groups -OCH3 is 1. The number of nitrogens with zero attached hydrogens (tertiary/aromatic N) is 1. The van der Waals surface area contributed by atoms with E-state index in [9.17, 15) is 4.39 Å². The Kier molecular flexibility index (Phi) is 4.25. The lowest BCUT2D eigenvalue weighted by Crippen LogP contribution is -2.14. The van der Waals surface area contributed by atoms with Crippen molar-refractivity contribution >= 4 is 0 Å². The molecule has 3 nitrogen and oxygen atoms in total. The Bertz CT molecular complexity index is 502. The first-order valence-electron chi connectivity index (χ1n) is 5.72. The fourth-order valence-corrected chi connectivity index (χ4v) is 1.69. The van der Waals surface area contributed by atoms with E-state index in [-0.39, 0.29) is 11.6 Å². The molecule has 0 spiro atoms. The van der Waals surface area contributed by atoms with Crippen LogP contribution in [-0.4, -0.2) is 12.1 Å². The van der Waals surface area contributed by atoms with Crippen LogP contribution in [0, 0.1) is 5.82 Å². The van der Waals surface area contributed by atoms with Crippen LogP contribution in [0.4, 0.5) is 4.39 Å². The summed E-state index contributed by atoms with van der Waals surface area (Å²) in [6, 6.07) is 8.99. The first-order valence-corrected chi connectivity index (χ1v) is 5.72. The van der Waals surface area contributed by atoms with Crippen molar-refractivity contribution in [3.8, 4) is 5.75 Å². The van der Waals surface area contributed by atoms with Gasteiger partial charge < -0.3 is 10.1 Å². The quantitative estimate of drug-likeness (QED) is 0.880. The van der Waals surface area contributed by atoms with E-state index in [2.05, 4.69) is 10.3 Å². The second-order valence-electron chi connectivity index (χ2n) is 3.90. The van der Waals surface area contributed by atoms with E-state index >= 15 is 0 Å². The van der Waals surface area contributed by atoms with Crippen LogP contribution in [-0.2, 0) is 13.1 Å². The Balaban J connectivity index is 1.95. The van der Waals surface area contributed by atoms with Crippen molar-refractivity contribution in [2.45, 2.75) is 13.1 Å². The van der Waals surface area contributed by atoms with Crippen molar-refractivity contribution in [3.05, 3.63) is 59.7 Å². The molecule has 0 aliphatic carbocycles. The fraction of sp³-hybridized carbons (Fsp3) is 0.214. The van der Waals surface area contributed by atoms with Gasteiger partial charge in [-0.1, -0.05) is 18.2 Å². The summed E-state index contributed by atoms with van der Waals surface area (Å²) in [5, 5.41) is 3.17. The number of pyridine rings is 1. The van der Waals surface area contributed by atoms with Crippen molar-refractivity contribution in [3.63, 3.8) is 0 Å². The number of halogens is 1. The van der Waals surface area contributed by atoms with E-state index in [1.165, 1.54) is 7.11 Å². The number of ether oxygens (including phenoxy) is 1. The molecule has 0 radical (unpaired) electrons. The van der Waals surface area contributed by atoms with Crippen LogP contribution in [0.3, 0.4) is 0 Å². The molecule has 1 heterocycles. The third kappa shape index (κ3) is 3.05. The van der Waals surface area contributed by atoms with E-state index in [1.807, 2.05) is 12.1 Å². The Labute approximate surface area is 106 Å². The number of benzene rings is 1. The van der Waals surface area contributed by atoms with Crippen LogP contribution in [0.5, 0.6) is 5.75 Å². The van der Waals surface area contributed by atoms with Gasteiger partial charge in [-0.2, -0.15) is 0 Å². The Morgan fingerprint density at radius 1 is 1.22 bits per heavy atom. The second-order valence-corrected chi connectivity index (χ2v) is 3.90. The predicted octanol–water partition coefficient (Wildman–Crippen LogP) is 2.52. The van der Waals surface area contributed by atoms with Crippen LogP contribution >= 0.6 is 0 Å². The molecule has 0 atom stereocenters. The molecule has 4 heteroatoms. The van der Waals surface area contributed by atoms with Gasteiger partial charge in [0.2, 0.25) is 0 Å². The molecule has 0 fully saturated rings. The molecule has 94 valence electrons. The summed E-state index contributed by atoms with van der Waals surface area (Å²) >= 11 is 0. The van der Waals surface area contributed by atoms with Crippen molar-refractivity contribution in [1.29, 1.82) is 0 Å². The smallest absolute Gasteiger partial charge is 0.169 e. The highest BCUT2D eigenvalue weighted by molar-refractivity contribution is 5.30. The predicted molar refractivity (Wildman–Crippen MR) is 67.7 cm³/mol. The molecule has 2 rings (SSSR count). The monoisotopic (exact) mass is 246 g/mol. The van der Waals surface area contributed by atoms with E-state index in [4.69, 9.17) is 4.74 Å². The molecular formula is C14H15FN2O. The van der Waals surface area contributed by atoms with Crippen molar-refractivity contribution in [1.82, 2.24) is 10.3 Å². The van der Waals surface area contributed by atoms with Gasteiger partial charge in [-0.25, -0.2) is 4.39 Å². The van der Waals surface area contributed by atoms with Gasteiger partial charge in [0, 0.05) is 31.0 Å². The number of nitrogens with one attached hydrogen (secondary N) is 1. The summed E-state index contributed by atoms with van der Waals surface area (Å²) in [5.41, 5.74) is 1.67. The van der Waals surface area contributed by atoms with E-state index < -0.39 is 0 Å². The van der Waals surface area contributed by atoms with Gasteiger partial charge in [-0.05, 0) is 17.7 Å². The van der Waals surface area contributed by atoms with Crippen molar-refractivity contribution < 1.29 is 9.13 Å². The molecule has 0 amide bonds. The normalized spacial score (nSPS) is 10.3. The lowest BCUT2D eigenvalue weighted by molar-refractivity contribution is 0.383.